The maximum Gasteiger partial charge on any atom is 0.334 e. The minimum Gasteiger partial charge on any atom is -0.464 e. The van der Waals surface area contributed by atoms with E-state index in [1.54, 1.807) is 6.92 Å². The van der Waals surface area contributed by atoms with E-state index in [2.05, 4.69) is 0 Å². The van der Waals surface area contributed by atoms with Gasteiger partial charge in [-0.25, -0.2) is 9.18 Å². The van der Waals surface area contributed by atoms with E-state index < -0.39 is 12.1 Å². The second-order valence-electron chi connectivity index (χ2n) is 5.81. The molecular weight excluding hydrogens is 315 g/mol. The number of esters is 1. The number of benzene rings is 1. The summed E-state index contributed by atoms with van der Waals surface area (Å²) in [4.78, 5) is 23.7. The van der Waals surface area contributed by atoms with Crippen LogP contribution in [0.15, 0.2) is 24.3 Å². The molecule has 1 aliphatic rings. The number of hydrogen-bond donors (Lipinski definition) is 0. The standard InChI is InChI=1S/C18H23FO5/c1-13(24-12-16-4-2-10-22-16)18(21)23-11-3-5-17(20)14-6-8-15(19)9-7-14/h6-9,13,16H,2-5,10-12H2,1H3. The Morgan fingerprint density at radius 2 is 2.08 bits per heavy atom. The first-order valence-corrected chi connectivity index (χ1v) is 8.25. The number of rotatable bonds is 9. The fraction of sp³-hybridized carbons (Fsp3) is 0.556. The molecule has 2 rings (SSSR count). The van der Waals surface area contributed by atoms with Crippen LogP contribution in [0.4, 0.5) is 4.39 Å². The molecule has 0 radical (unpaired) electrons. The molecule has 0 aromatic heterocycles. The molecule has 0 saturated carbocycles. The highest BCUT2D eigenvalue weighted by atomic mass is 19.1. The largest absolute Gasteiger partial charge is 0.464 e. The SMILES string of the molecule is CC(OCC1CCCO1)C(=O)OCCCC(=O)c1ccc(F)cc1. The van der Waals surface area contributed by atoms with Crippen LogP contribution in [0.3, 0.4) is 0 Å². The van der Waals surface area contributed by atoms with E-state index in [1.165, 1.54) is 24.3 Å². The van der Waals surface area contributed by atoms with Gasteiger partial charge in [0.25, 0.3) is 0 Å². The molecule has 0 amide bonds. The fourth-order valence-electron chi connectivity index (χ4n) is 2.40. The Morgan fingerprint density at radius 1 is 1.33 bits per heavy atom. The Bertz CT molecular complexity index is 537. The van der Waals surface area contributed by atoms with Gasteiger partial charge >= 0.3 is 5.97 Å². The zero-order valence-corrected chi connectivity index (χ0v) is 13.8. The molecule has 1 fully saturated rings. The molecule has 2 unspecified atom stereocenters. The molecular formula is C18H23FO5. The third-order valence-corrected chi connectivity index (χ3v) is 3.85. The van der Waals surface area contributed by atoms with Crippen LogP contribution in [0.1, 0.15) is 43.0 Å². The van der Waals surface area contributed by atoms with Crippen molar-refractivity contribution in [1.29, 1.82) is 0 Å². The van der Waals surface area contributed by atoms with Gasteiger partial charge < -0.3 is 14.2 Å². The monoisotopic (exact) mass is 338 g/mol. The highest BCUT2D eigenvalue weighted by molar-refractivity contribution is 5.95. The van der Waals surface area contributed by atoms with Gasteiger partial charge in [0, 0.05) is 18.6 Å². The Hall–Kier alpha value is -1.79. The third kappa shape index (κ3) is 6.02. The van der Waals surface area contributed by atoms with Crippen LogP contribution in [0.5, 0.6) is 0 Å². The van der Waals surface area contributed by atoms with Crippen LogP contribution < -0.4 is 0 Å². The zero-order chi connectivity index (χ0) is 17.4. The lowest BCUT2D eigenvalue weighted by Gasteiger charge is -2.15. The number of ketones is 1. The maximum atomic E-state index is 12.8. The first-order valence-electron chi connectivity index (χ1n) is 8.25. The van der Waals surface area contributed by atoms with Crippen LogP contribution in [0.25, 0.3) is 0 Å². The van der Waals surface area contributed by atoms with Gasteiger partial charge in [-0.1, -0.05) is 0 Å². The average molecular weight is 338 g/mol. The van der Waals surface area contributed by atoms with Gasteiger partial charge in [-0.2, -0.15) is 0 Å². The van der Waals surface area contributed by atoms with Gasteiger partial charge in [-0.3, -0.25) is 4.79 Å². The van der Waals surface area contributed by atoms with Crippen LogP contribution >= 0.6 is 0 Å². The number of carbonyl (C=O) groups is 2. The molecule has 0 aliphatic carbocycles. The van der Waals surface area contributed by atoms with Crippen molar-refractivity contribution in [3.63, 3.8) is 0 Å². The van der Waals surface area contributed by atoms with Crippen LogP contribution in [0.2, 0.25) is 0 Å². The van der Waals surface area contributed by atoms with Crippen molar-refractivity contribution >= 4 is 11.8 Å². The molecule has 0 bridgehead atoms. The first-order chi connectivity index (χ1) is 11.6. The van der Waals surface area contributed by atoms with Gasteiger partial charge in [-0.15, -0.1) is 0 Å². The van der Waals surface area contributed by atoms with E-state index in [1.807, 2.05) is 0 Å². The van der Waals surface area contributed by atoms with Crippen LogP contribution in [-0.2, 0) is 19.0 Å². The minimum absolute atomic E-state index is 0.0635. The summed E-state index contributed by atoms with van der Waals surface area (Å²) in [6.45, 7) is 2.93. The molecule has 0 N–H and O–H groups in total. The predicted octanol–water partition coefficient (Wildman–Crippen LogP) is 2.92. The van der Waals surface area contributed by atoms with Gasteiger partial charge in [0.1, 0.15) is 5.82 Å². The molecule has 24 heavy (non-hydrogen) atoms. The molecule has 1 aliphatic heterocycles. The summed E-state index contributed by atoms with van der Waals surface area (Å²) < 4.78 is 28.8. The van der Waals surface area contributed by atoms with Crippen LogP contribution in [-0.4, -0.2) is 43.8 Å². The summed E-state index contributed by atoms with van der Waals surface area (Å²) in [5.41, 5.74) is 0.455. The number of hydrogen-bond acceptors (Lipinski definition) is 5. The molecule has 1 aromatic carbocycles. The molecule has 6 heteroatoms. The minimum atomic E-state index is -0.651. The van der Waals surface area contributed by atoms with E-state index in [0.717, 1.165) is 19.4 Å². The number of Topliss-reactive ketones (excluding diaryl/α,β-unsaturated/α-hetero) is 1. The topological polar surface area (TPSA) is 61.8 Å². The molecule has 1 saturated heterocycles. The Morgan fingerprint density at radius 3 is 2.75 bits per heavy atom. The van der Waals surface area contributed by atoms with Gasteiger partial charge in [0.2, 0.25) is 0 Å². The quantitative estimate of drug-likeness (QED) is 0.394. The van der Waals surface area contributed by atoms with E-state index in [9.17, 15) is 14.0 Å². The molecule has 1 heterocycles. The first kappa shape index (κ1) is 18.5. The summed E-state index contributed by atoms with van der Waals surface area (Å²) in [5.74, 6) is -0.923. The molecule has 2 atom stereocenters. The van der Waals surface area contributed by atoms with Gasteiger partial charge in [0.15, 0.2) is 11.9 Å². The summed E-state index contributed by atoms with van der Waals surface area (Å²) in [7, 11) is 0. The van der Waals surface area contributed by atoms with Crippen molar-refractivity contribution in [2.75, 3.05) is 19.8 Å². The van der Waals surface area contributed by atoms with Crippen molar-refractivity contribution in [2.45, 2.75) is 44.8 Å². The average Bonchev–Trinajstić information content (AvgIpc) is 3.10. The van der Waals surface area contributed by atoms with Crippen LogP contribution in [0, 0.1) is 5.82 Å². The van der Waals surface area contributed by atoms with E-state index in [0.29, 0.717) is 18.6 Å². The zero-order valence-electron chi connectivity index (χ0n) is 13.8. The van der Waals surface area contributed by atoms with Crippen molar-refractivity contribution in [3.05, 3.63) is 35.6 Å². The van der Waals surface area contributed by atoms with Gasteiger partial charge in [-0.05, 0) is 50.5 Å². The molecule has 132 valence electrons. The fourth-order valence-corrected chi connectivity index (χ4v) is 2.40. The number of carbonyl (C=O) groups excluding carboxylic acids is 2. The lowest BCUT2D eigenvalue weighted by molar-refractivity contribution is -0.157. The van der Waals surface area contributed by atoms with Crippen molar-refractivity contribution < 1.29 is 28.2 Å². The number of halogens is 1. The van der Waals surface area contributed by atoms with E-state index in [-0.39, 0.29) is 30.7 Å². The van der Waals surface area contributed by atoms with E-state index >= 15 is 0 Å². The predicted molar refractivity (Wildman–Crippen MR) is 85.3 cm³/mol. The molecule has 5 nitrogen and oxygen atoms in total. The van der Waals surface area contributed by atoms with Crippen molar-refractivity contribution in [1.82, 2.24) is 0 Å². The van der Waals surface area contributed by atoms with E-state index in [4.69, 9.17) is 14.2 Å². The van der Waals surface area contributed by atoms with Gasteiger partial charge in [0.05, 0.1) is 19.3 Å². The summed E-state index contributed by atoms with van der Waals surface area (Å²) >= 11 is 0. The van der Waals surface area contributed by atoms with Crippen molar-refractivity contribution in [3.8, 4) is 0 Å². The summed E-state index contributed by atoms with van der Waals surface area (Å²) in [5, 5.41) is 0. The Kier molecular flexibility index (Phi) is 7.34. The number of ether oxygens (including phenoxy) is 3. The maximum absolute atomic E-state index is 12.8. The lowest BCUT2D eigenvalue weighted by Crippen LogP contribution is -2.27. The normalized spacial score (nSPS) is 18.3. The second kappa shape index (κ2) is 9.49. The molecule has 1 aromatic rings. The second-order valence-corrected chi connectivity index (χ2v) is 5.81. The highest BCUT2D eigenvalue weighted by Gasteiger charge is 2.20. The highest BCUT2D eigenvalue weighted by Crippen LogP contribution is 2.13. The Balaban J connectivity index is 1.59. The smallest absolute Gasteiger partial charge is 0.334 e. The summed E-state index contributed by atoms with van der Waals surface area (Å²) in [6, 6.07) is 5.40. The lowest BCUT2D eigenvalue weighted by atomic mass is 10.1. The third-order valence-electron chi connectivity index (χ3n) is 3.85. The molecule has 0 spiro atoms. The summed E-state index contributed by atoms with van der Waals surface area (Å²) in [6.07, 6.45) is 2.04. The van der Waals surface area contributed by atoms with Crippen molar-refractivity contribution in [2.24, 2.45) is 0 Å². The Labute approximate surface area is 141 Å².